The maximum atomic E-state index is 12.8. The molecule has 28 heavy (non-hydrogen) atoms. The van der Waals surface area contributed by atoms with Crippen LogP contribution in [0.3, 0.4) is 0 Å². The van der Waals surface area contributed by atoms with Gasteiger partial charge in [0.05, 0.1) is 20.6 Å². The maximum Gasteiger partial charge on any atom is 0.255 e. The van der Waals surface area contributed by atoms with Crippen molar-refractivity contribution in [1.29, 1.82) is 0 Å². The van der Waals surface area contributed by atoms with Crippen molar-refractivity contribution in [2.24, 2.45) is 0 Å². The number of hydrogen-bond donors (Lipinski definition) is 1. The Labute approximate surface area is 169 Å². The SMILES string of the molecule is CCCN(CCC)S(=O)(=O)c1ccc(C(=O)Nc2ccc3scnc3c2)cc1. The molecule has 0 saturated heterocycles. The molecule has 0 fully saturated rings. The molecule has 0 bridgehead atoms. The zero-order valence-corrected chi connectivity index (χ0v) is 17.5. The number of rotatable bonds is 8. The fourth-order valence-electron chi connectivity index (χ4n) is 2.92. The van der Waals surface area contributed by atoms with E-state index in [0.717, 1.165) is 23.1 Å². The molecule has 0 spiro atoms. The van der Waals surface area contributed by atoms with Crippen molar-refractivity contribution in [1.82, 2.24) is 9.29 Å². The largest absolute Gasteiger partial charge is 0.322 e. The molecule has 0 saturated carbocycles. The number of aromatic nitrogens is 1. The highest BCUT2D eigenvalue weighted by Gasteiger charge is 2.23. The minimum Gasteiger partial charge on any atom is -0.322 e. The van der Waals surface area contributed by atoms with Crippen molar-refractivity contribution in [2.45, 2.75) is 31.6 Å². The van der Waals surface area contributed by atoms with E-state index in [2.05, 4.69) is 10.3 Å². The van der Waals surface area contributed by atoms with Crippen LogP contribution in [0.15, 0.2) is 52.9 Å². The molecule has 1 aromatic heterocycles. The average Bonchev–Trinajstić information content (AvgIpc) is 3.15. The second-order valence-electron chi connectivity index (χ2n) is 6.42. The number of fused-ring (bicyclic) bond motifs is 1. The summed E-state index contributed by atoms with van der Waals surface area (Å²) in [5, 5.41) is 2.83. The fourth-order valence-corrected chi connectivity index (χ4v) is 5.20. The Morgan fingerprint density at radius 2 is 1.75 bits per heavy atom. The molecule has 1 N–H and O–H groups in total. The van der Waals surface area contributed by atoms with Gasteiger partial charge in [-0.1, -0.05) is 13.8 Å². The Kier molecular flexibility index (Phi) is 6.43. The van der Waals surface area contributed by atoms with Gasteiger partial charge in [0.25, 0.3) is 5.91 Å². The second kappa shape index (κ2) is 8.81. The summed E-state index contributed by atoms with van der Waals surface area (Å²) in [5.41, 5.74) is 3.64. The fraction of sp³-hybridized carbons (Fsp3) is 0.300. The van der Waals surface area contributed by atoms with E-state index >= 15 is 0 Å². The van der Waals surface area contributed by atoms with Gasteiger partial charge in [-0.05, 0) is 55.3 Å². The number of carbonyl (C=O) groups is 1. The van der Waals surface area contributed by atoms with E-state index < -0.39 is 10.0 Å². The summed E-state index contributed by atoms with van der Waals surface area (Å²) in [4.78, 5) is 16.9. The molecule has 1 heterocycles. The van der Waals surface area contributed by atoms with E-state index in [4.69, 9.17) is 0 Å². The molecule has 148 valence electrons. The molecule has 0 aliphatic heterocycles. The standard InChI is InChI=1S/C20H23N3O3S2/c1-3-11-23(12-4-2)28(25,26)17-8-5-15(6-9-17)20(24)22-16-7-10-19-18(13-16)21-14-27-19/h5-10,13-14H,3-4,11-12H2,1-2H3,(H,22,24). The van der Waals surface area contributed by atoms with Crippen LogP contribution in [-0.2, 0) is 10.0 Å². The van der Waals surface area contributed by atoms with Gasteiger partial charge in [0.1, 0.15) is 0 Å². The Balaban J connectivity index is 1.76. The van der Waals surface area contributed by atoms with Crippen LogP contribution in [0.4, 0.5) is 5.69 Å². The molecule has 0 radical (unpaired) electrons. The van der Waals surface area contributed by atoms with E-state index in [1.807, 2.05) is 32.0 Å². The zero-order valence-electron chi connectivity index (χ0n) is 15.9. The van der Waals surface area contributed by atoms with E-state index in [1.165, 1.54) is 27.8 Å². The van der Waals surface area contributed by atoms with Gasteiger partial charge in [0.2, 0.25) is 10.0 Å². The molecular weight excluding hydrogens is 394 g/mol. The number of thiazole rings is 1. The van der Waals surface area contributed by atoms with Gasteiger partial charge in [0, 0.05) is 24.3 Å². The first-order valence-corrected chi connectivity index (χ1v) is 11.5. The van der Waals surface area contributed by atoms with Crippen LogP contribution in [0.25, 0.3) is 10.2 Å². The molecule has 0 atom stereocenters. The number of nitrogens with one attached hydrogen (secondary N) is 1. The molecule has 0 aliphatic carbocycles. The van der Waals surface area contributed by atoms with E-state index in [1.54, 1.807) is 17.6 Å². The predicted octanol–water partition coefficient (Wildman–Crippen LogP) is 4.36. The van der Waals surface area contributed by atoms with Crippen LogP contribution in [0, 0.1) is 0 Å². The lowest BCUT2D eigenvalue weighted by atomic mass is 10.2. The molecular formula is C20H23N3O3S2. The zero-order chi connectivity index (χ0) is 20.1. The van der Waals surface area contributed by atoms with E-state index in [-0.39, 0.29) is 10.8 Å². The van der Waals surface area contributed by atoms with Crippen LogP contribution in [0.2, 0.25) is 0 Å². The third-order valence-electron chi connectivity index (χ3n) is 4.29. The van der Waals surface area contributed by atoms with Gasteiger partial charge in [0.15, 0.2) is 0 Å². The van der Waals surface area contributed by atoms with Crippen molar-refractivity contribution in [3.05, 3.63) is 53.5 Å². The van der Waals surface area contributed by atoms with Gasteiger partial charge in [-0.2, -0.15) is 4.31 Å². The number of sulfonamides is 1. The number of carbonyl (C=O) groups excluding carboxylic acids is 1. The summed E-state index contributed by atoms with van der Waals surface area (Å²) < 4.78 is 28.1. The summed E-state index contributed by atoms with van der Waals surface area (Å²) >= 11 is 1.54. The smallest absolute Gasteiger partial charge is 0.255 e. The summed E-state index contributed by atoms with van der Waals surface area (Å²) in [6, 6.07) is 11.6. The van der Waals surface area contributed by atoms with Crippen molar-refractivity contribution < 1.29 is 13.2 Å². The lowest BCUT2D eigenvalue weighted by Gasteiger charge is -2.21. The Hall–Kier alpha value is -2.29. The normalized spacial score (nSPS) is 11.8. The number of benzene rings is 2. The van der Waals surface area contributed by atoms with Crippen LogP contribution in [-0.4, -0.2) is 36.7 Å². The summed E-state index contributed by atoms with van der Waals surface area (Å²) in [7, 11) is -3.55. The number of amides is 1. The lowest BCUT2D eigenvalue weighted by Crippen LogP contribution is -2.32. The molecule has 3 rings (SSSR count). The third-order valence-corrected chi connectivity index (χ3v) is 7.01. The van der Waals surface area contributed by atoms with Crippen molar-refractivity contribution in [2.75, 3.05) is 18.4 Å². The first-order chi connectivity index (χ1) is 13.5. The Bertz CT molecular complexity index is 1050. The highest BCUT2D eigenvalue weighted by atomic mass is 32.2. The minimum atomic E-state index is -3.55. The number of anilines is 1. The van der Waals surface area contributed by atoms with Crippen LogP contribution in [0.5, 0.6) is 0 Å². The first kappa shape index (κ1) is 20.4. The second-order valence-corrected chi connectivity index (χ2v) is 9.24. The van der Waals surface area contributed by atoms with Gasteiger partial charge in [-0.3, -0.25) is 4.79 Å². The highest BCUT2D eigenvalue weighted by molar-refractivity contribution is 7.89. The van der Waals surface area contributed by atoms with Gasteiger partial charge in [-0.15, -0.1) is 11.3 Å². The van der Waals surface area contributed by atoms with Gasteiger partial charge >= 0.3 is 0 Å². The summed E-state index contributed by atoms with van der Waals surface area (Å²) in [5.74, 6) is -0.294. The van der Waals surface area contributed by atoms with Crippen molar-refractivity contribution in [3.8, 4) is 0 Å². The van der Waals surface area contributed by atoms with Crippen molar-refractivity contribution >= 4 is 43.2 Å². The number of hydrogen-bond acceptors (Lipinski definition) is 5. The van der Waals surface area contributed by atoms with Gasteiger partial charge in [-0.25, -0.2) is 13.4 Å². The minimum absolute atomic E-state index is 0.204. The maximum absolute atomic E-state index is 12.8. The van der Waals surface area contributed by atoms with E-state index in [9.17, 15) is 13.2 Å². The quantitative estimate of drug-likeness (QED) is 0.591. The first-order valence-electron chi connectivity index (χ1n) is 9.20. The van der Waals surface area contributed by atoms with E-state index in [0.29, 0.717) is 24.3 Å². The Morgan fingerprint density at radius 1 is 1.07 bits per heavy atom. The topological polar surface area (TPSA) is 79.4 Å². The molecule has 1 amide bonds. The summed E-state index contributed by atoms with van der Waals surface area (Å²) in [6.07, 6.45) is 1.51. The predicted molar refractivity (Wildman–Crippen MR) is 113 cm³/mol. The molecule has 3 aromatic rings. The molecule has 2 aromatic carbocycles. The average molecular weight is 418 g/mol. The van der Waals surface area contributed by atoms with Crippen LogP contribution >= 0.6 is 11.3 Å². The van der Waals surface area contributed by atoms with Gasteiger partial charge < -0.3 is 5.32 Å². The molecule has 0 aliphatic rings. The highest BCUT2D eigenvalue weighted by Crippen LogP contribution is 2.22. The Morgan fingerprint density at radius 3 is 2.39 bits per heavy atom. The molecule has 0 unspecified atom stereocenters. The molecule has 6 nitrogen and oxygen atoms in total. The van der Waals surface area contributed by atoms with Crippen molar-refractivity contribution in [3.63, 3.8) is 0 Å². The number of nitrogens with zero attached hydrogens (tertiary/aromatic N) is 2. The lowest BCUT2D eigenvalue weighted by molar-refractivity contribution is 0.102. The van der Waals surface area contributed by atoms with Crippen LogP contribution in [0.1, 0.15) is 37.0 Å². The summed E-state index contributed by atoms with van der Waals surface area (Å²) in [6.45, 7) is 4.87. The monoisotopic (exact) mass is 417 g/mol. The molecule has 8 heteroatoms. The van der Waals surface area contributed by atoms with Crippen LogP contribution < -0.4 is 5.32 Å². The third kappa shape index (κ3) is 4.40.